The van der Waals surface area contributed by atoms with Gasteiger partial charge in [-0.15, -0.1) is 0 Å². The van der Waals surface area contributed by atoms with Gasteiger partial charge in [0.15, 0.2) is 11.5 Å². The van der Waals surface area contributed by atoms with Crippen molar-refractivity contribution in [2.45, 2.75) is 101 Å². The third-order valence-electron chi connectivity index (χ3n) is 11.7. The molecule has 2 heterocycles. The summed E-state index contributed by atoms with van der Waals surface area (Å²) < 4.78 is 19.2. The summed E-state index contributed by atoms with van der Waals surface area (Å²) in [4.78, 5) is 19.8. The molecule has 0 amide bonds. The molecule has 2 N–H and O–H groups in total. The Labute approximate surface area is 295 Å². The van der Waals surface area contributed by atoms with Crippen LogP contribution in [0.15, 0.2) is 48.7 Å². The Morgan fingerprint density at radius 2 is 1.92 bits per heavy atom. The van der Waals surface area contributed by atoms with Crippen LogP contribution in [0.25, 0.3) is 0 Å². The summed E-state index contributed by atoms with van der Waals surface area (Å²) in [5, 5.41) is 14.6. The van der Waals surface area contributed by atoms with E-state index in [1.54, 1.807) is 12.1 Å². The molecule has 0 bridgehead atoms. The van der Waals surface area contributed by atoms with Crippen LogP contribution in [-0.4, -0.2) is 60.0 Å². The first-order valence-corrected chi connectivity index (χ1v) is 18.5. The lowest BCUT2D eigenvalue weighted by Crippen LogP contribution is -2.53. The normalized spacial score (nSPS) is 27.5. The molecule has 1 spiro atoms. The van der Waals surface area contributed by atoms with Gasteiger partial charge >= 0.3 is 5.97 Å². The second-order valence-electron chi connectivity index (χ2n) is 15.4. The fourth-order valence-corrected chi connectivity index (χ4v) is 9.28. The van der Waals surface area contributed by atoms with Crippen LogP contribution in [0.1, 0.15) is 93.5 Å². The lowest BCUT2D eigenvalue weighted by atomic mass is 9.59. The van der Waals surface area contributed by atoms with Crippen molar-refractivity contribution in [3.63, 3.8) is 0 Å². The number of aromatic nitrogens is 1. The number of ether oxygens (including phenoxy) is 3. The Bertz CT molecular complexity index is 1690. The largest absolute Gasteiger partial charge is 0.493 e. The maximum atomic E-state index is 13.0. The molecule has 7 rings (SSSR count). The van der Waals surface area contributed by atoms with E-state index in [9.17, 15) is 9.90 Å². The van der Waals surface area contributed by atoms with Crippen molar-refractivity contribution >= 4 is 23.3 Å². The minimum Gasteiger partial charge on any atom is -0.493 e. The van der Waals surface area contributed by atoms with Crippen molar-refractivity contribution in [2.75, 3.05) is 32.6 Å². The van der Waals surface area contributed by atoms with Gasteiger partial charge in [0.05, 0.1) is 6.61 Å². The molecule has 9 heteroatoms. The summed E-state index contributed by atoms with van der Waals surface area (Å²) >= 11 is 6.28. The Morgan fingerprint density at radius 1 is 1.14 bits per heavy atom. The minimum atomic E-state index is -1.07. The number of rotatable bonds is 11. The fraction of sp³-hybridized carbons (Fsp3) is 0.550. The van der Waals surface area contributed by atoms with Crippen LogP contribution in [0, 0.1) is 11.8 Å². The number of aryl methyl sites for hydroxylation is 1. The molecule has 1 unspecified atom stereocenters. The first-order chi connectivity index (χ1) is 23.5. The summed E-state index contributed by atoms with van der Waals surface area (Å²) in [5.74, 6) is 2.91. The fourth-order valence-electron chi connectivity index (χ4n) is 9.09. The van der Waals surface area contributed by atoms with Crippen LogP contribution in [-0.2, 0) is 23.1 Å². The van der Waals surface area contributed by atoms with Gasteiger partial charge in [0.25, 0.3) is 0 Å². The molecule has 0 saturated heterocycles. The Kier molecular flexibility index (Phi) is 9.48. The SMILES string of the molecule is C[C@@H](COc1ccnc2c1[C@H](C)CCC2)C[C@H]1Cc2cc3c(cc2C12CCC(Nc1cccc(Cl)c1)(C(=O)O)CC2)OC(CCN(C)C)O3. The molecule has 2 aromatic carbocycles. The molecule has 3 aromatic rings. The van der Waals surface area contributed by atoms with E-state index >= 15 is 0 Å². The molecular weight excluding hydrogens is 638 g/mol. The van der Waals surface area contributed by atoms with Crippen LogP contribution in [0.2, 0.25) is 5.02 Å². The van der Waals surface area contributed by atoms with Gasteiger partial charge in [-0.3, -0.25) is 4.98 Å². The first-order valence-electron chi connectivity index (χ1n) is 18.1. The number of benzene rings is 2. The molecule has 1 fully saturated rings. The monoisotopic (exact) mass is 687 g/mol. The predicted molar refractivity (Wildman–Crippen MR) is 192 cm³/mol. The molecule has 1 aliphatic heterocycles. The summed E-state index contributed by atoms with van der Waals surface area (Å²) in [7, 11) is 4.11. The van der Waals surface area contributed by atoms with Gasteiger partial charge in [-0.1, -0.05) is 31.5 Å². The number of nitrogens with one attached hydrogen (secondary N) is 1. The topological polar surface area (TPSA) is 93.2 Å². The van der Waals surface area contributed by atoms with E-state index in [-0.39, 0.29) is 11.7 Å². The third-order valence-corrected chi connectivity index (χ3v) is 11.9. The predicted octanol–water partition coefficient (Wildman–Crippen LogP) is 8.25. The zero-order valence-corrected chi connectivity index (χ0v) is 30.0. The van der Waals surface area contributed by atoms with Gasteiger partial charge in [-0.2, -0.15) is 0 Å². The Morgan fingerprint density at radius 3 is 2.65 bits per heavy atom. The zero-order chi connectivity index (χ0) is 34.3. The number of halogens is 1. The standard InChI is InChI=1S/C40H50ClN3O5/c1-25(24-47-33-11-17-42-32-10-5-7-26(2)37(32)33)19-28-20-27-21-34-35(49-36(48-34)12-18-44(3)4)23-31(27)39(28)13-15-40(16-14-39,38(45)46)43-30-9-6-8-29(41)22-30/h6,8-9,11,17,21-23,25-26,28,36,43H,5,7,10,12-16,18-20,24H2,1-4H3,(H,45,46)/t25-,26-,28+,36?,39?,40?/m1/s1. The van der Waals surface area contributed by atoms with E-state index in [0.29, 0.717) is 42.2 Å². The smallest absolute Gasteiger partial charge is 0.329 e. The van der Waals surface area contributed by atoms with E-state index in [1.807, 2.05) is 24.4 Å². The van der Waals surface area contributed by atoms with E-state index in [2.05, 4.69) is 55.3 Å². The highest BCUT2D eigenvalue weighted by molar-refractivity contribution is 6.30. The lowest BCUT2D eigenvalue weighted by Gasteiger charge is -2.47. The number of fused-ring (bicyclic) bond motifs is 4. The highest BCUT2D eigenvalue weighted by Gasteiger charge is 2.54. The Hall–Kier alpha value is -3.49. The average molecular weight is 688 g/mol. The number of anilines is 1. The third kappa shape index (κ3) is 6.71. The molecule has 8 nitrogen and oxygen atoms in total. The van der Waals surface area contributed by atoms with Crippen molar-refractivity contribution in [3.8, 4) is 17.2 Å². The maximum Gasteiger partial charge on any atom is 0.329 e. The minimum absolute atomic E-state index is 0.164. The van der Waals surface area contributed by atoms with E-state index in [1.165, 1.54) is 35.2 Å². The van der Waals surface area contributed by atoms with Gasteiger partial charge in [-0.25, -0.2) is 4.79 Å². The van der Waals surface area contributed by atoms with Crippen molar-refractivity contribution < 1.29 is 24.1 Å². The van der Waals surface area contributed by atoms with E-state index < -0.39 is 11.5 Å². The lowest BCUT2D eigenvalue weighted by molar-refractivity contribution is -0.144. The summed E-state index contributed by atoms with van der Waals surface area (Å²) in [5.41, 5.74) is 4.59. The highest BCUT2D eigenvalue weighted by Crippen LogP contribution is 2.58. The van der Waals surface area contributed by atoms with Crippen LogP contribution in [0.3, 0.4) is 0 Å². The molecular formula is C40H50ClN3O5. The molecule has 4 atom stereocenters. The van der Waals surface area contributed by atoms with Crippen LogP contribution in [0.4, 0.5) is 5.69 Å². The van der Waals surface area contributed by atoms with Gasteiger partial charge in [0.1, 0.15) is 11.3 Å². The number of carbonyl (C=O) groups is 1. The second-order valence-corrected chi connectivity index (χ2v) is 15.8. The van der Waals surface area contributed by atoms with E-state index in [4.69, 9.17) is 25.8 Å². The number of hydrogen-bond donors (Lipinski definition) is 2. The summed E-state index contributed by atoms with van der Waals surface area (Å²) in [6.45, 7) is 6.09. The van der Waals surface area contributed by atoms with Gasteiger partial charge in [0.2, 0.25) is 6.29 Å². The molecule has 1 aromatic heterocycles. The average Bonchev–Trinajstić information content (AvgIpc) is 3.60. The number of pyridine rings is 1. The Balaban J connectivity index is 1.13. The molecule has 1 saturated carbocycles. The van der Waals surface area contributed by atoms with Crippen LogP contribution < -0.4 is 19.5 Å². The molecule has 3 aliphatic carbocycles. The quantitative estimate of drug-likeness (QED) is 0.208. The van der Waals surface area contributed by atoms with Crippen molar-refractivity contribution in [2.24, 2.45) is 11.8 Å². The zero-order valence-electron chi connectivity index (χ0n) is 29.3. The molecule has 0 radical (unpaired) electrons. The van der Waals surface area contributed by atoms with Crippen LogP contribution >= 0.6 is 11.6 Å². The number of nitrogens with zero attached hydrogens (tertiary/aromatic N) is 2. The number of carboxylic acids is 1. The number of aliphatic carboxylic acids is 1. The number of hydrogen-bond acceptors (Lipinski definition) is 7. The van der Waals surface area contributed by atoms with Gasteiger partial charge < -0.3 is 29.5 Å². The van der Waals surface area contributed by atoms with Crippen LogP contribution in [0.5, 0.6) is 17.2 Å². The molecule has 262 valence electrons. The first kappa shape index (κ1) is 34.0. The van der Waals surface area contributed by atoms with Gasteiger partial charge in [-0.05, 0) is 143 Å². The highest BCUT2D eigenvalue weighted by atomic mass is 35.5. The van der Waals surface area contributed by atoms with Crippen molar-refractivity contribution in [3.05, 3.63) is 76.1 Å². The maximum absolute atomic E-state index is 13.0. The van der Waals surface area contributed by atoms with E-state index in [0.717, 1.165) is 68.0 Å². The molecule has 4 aliphatic rings. The summed E-state index contributed by atoms with van der Waals surface area (Å²) in [6, 6.07) is 13.8. The van der Waals surface area contributed by atoms with Gasteiger partial charge in [0, 0.05) is 41.1 Å². The van der Waals surface area contributed by atoms with Crippen molar-refractivity contribution in [1.82, 2.24) is 9.88 Å². The molecule has 49 heavy (non-hydrogen) atoms. The van der Waals surface area contributed by atoms with Crippen molar-refractivity contribution in [1.29, 1.82) is 0 Å². The number of carboxylic acid groups (broad SMARTS) is 1. The second kappa shape index (κ2) is 13.7. The summed E-state index contributed by atoms with van der Waals surface area (Å²) in [6.07, 6.45) is 10.2.